The summed E-state index contributed by atoms with van der Waals surface area (Å²) in [5.74, 6) is 0.391. The Hall–Kier alpha value is -1.35. The quantitative estimate of drug-likeness (QED) is 0.810. The van der Waals surface area contributed by atoms with Gasteiger partial charge in [-0.3, -0.25) is 4.79 Å². The molecule has 100 valence electrons. The van der Waals surface area contributed by atoms with Crippen LogP contribution in [0.2, 0.25) is 0 Å². The molecule has 2 atom stereocenters. The number of amides is 1. The van der Waals surface area contributed by atoms with Gasteiger partial charge in [0.05, 0.1) is 6.04 Å². The summed E-state index contributed by atoms with van der Waals surface area (Å²) < 4.78 is 0. The molecule has 0 aliphatic carbocycles. The zero-order valence-corrected chi connectivity index (χ0v) is 11.5. The Bertz CT molecular complexity index is 362. The highest BCUT2D eigenvalue weighted by Crippen LogP contribution is 2.05. The molecular formula is C15H24N2O. The zero-order chi connectivity index (χ0) is 13.5. The van der Waals surface area contributed by atoms with Crippen LogP contribution >= 0.6 is 0 Å². The normalized spacial score (nSPS) is 14.3. The van der Waals surface area contributed by atoms with Crippen molar-refractivity contribution in [3.63, 3.8) is 0 Å². The Morgan fingerprint density at radius 1 is 1.22 bits per heavy atom. The molecular weight excluding hydrogens is 224 g/mol. The number of carbonyl (C=O) groups excluding carboxylic acids is 1. The maximum Gasteiger partial charge on any atom is 0.237 e. The topological polar surface area (TPSA) is 55.1 Å². The van der Waals surface area contributed by atoms with Crippen molar-refractivity contribution in [2.24, 2.45) is 11.7 Å². The average molecular weight is 248 g/mol. The van der Waals surface area contributed by atoms with E-state index in [0.717, 1.165) is 12.8 Å². The first-order chi connectivity index (χ1) is 8.49. The summed E-state index contributed by atoms with van der Waals surface area (Å²) in [5, 5.41) is 2.97. The van der Waals surface area contributed by atoms with Crippen LogP contribution in [0.4, 0.5) is 0 Å². The predicted octanol–water partition coefficient (Wildman–Crippen LogP) is 2.11. The van der Waals surface area contributed by atoms with Crippen LogP contribution in [-0.4, -0.2) is 18.0 Å². The molecule has 0 aliphatic rings. The SMILES string of the molecule is CC(C)C[C@@H](N)C(=O)NC(C)Cc1ccccc1. The minimum absolute atomic E-state index is 0.0490. The van der Waals surface area contributed by atoms with Crippen molar-refractivity contribution in [1.82, 2.24) is 5.32 Å². The Morgan fingerprint density at radius 3 is 2.39 bits per heavy atom. The summed E-state index contributed by atoms with van der Waals surface area (Å²) in [6.45, 7) is 6.15. The smallest absolute Gasteiger partial charge is 0.237 e. The maximum atomic E-state index is 11.8. The number of hydrogen-bond donors (Lipinski definition) is 2. The molecule has 1 amide bonds. The van der Waals surface area contributed by atoms with Crippen LogP contribution in [0.15, 0.2) is 30.3 Å². The minimum atomic E-state index is -0.400. The molecule has 0 bridgehead atoms. The Morgan fingerprint density at radius 2 is 1.83 bits per heavy atom. The van der Waals surface area contributed by atoms with Gasteiger partial charge in [0, 0.05) is 6.04 Å². The molecule has 0 radical (unpaired) electrons. The summed E-state index contributed by atoms with van der Waals surface area (Å²) in [4.78, 5) is 11.8. The van der Waals surface area contributed by atoms with E-state index in [0.29, 0.717) is 5.92 Å². The first-order valence-corrected chi connectivity index (χ1v) is 6.59. The van der Waals surface area contributed by atoms with Crippen molar-refractivity contribution >= 4 is 5.91 Å². The molecule has 0 aliphatic heterocycles. The van der Waals surface area contributed by atoms with Gasteiger partial charge >= 0.3 is 0 Å². The molecule has 1 rings (SSSR count). The van der Waals surface area contributed by atoms with E-state index < -0.39 is 6.04 Å². The molecule has 0 spiro atoms. The van der Waals surface area contributed by atoms with Gasteiger partial charge in [0.25, 0.3) is 0 Å². The first kappa shape index (κ1) is 14.7. The summed E-state index contributed by atoms with van der Waals surface area (Å²) in [7, 11) is 0. The fourth-order valence-corrected chi connectivity index (χ4v) is 1.98. The number of hydrogen-bond acceptors (Lipinski definition) is 2. The summed E-state index contributed by atoms with van der Waals surface area (Å²) in [5.41, 5.74) is 7.07. The average Bonchev–Trinajstić information content (AvgIpc) is 2.29. The number of nitrogens with two attached hydrogens (primary N) is 1. The monoisotopic (exact) mass is 248 g/mol. The van der Waals surface area contributed by atoms with E-state index in [4.69, 9.17) is 5.73 Å². The highest BCUT2D eigenvalue weighted by Gasteiger charge is 2.16. The number of rotatable bonds is 6. The number of carbonyl (C=O) groups is 1. The van der Waals surface area contributed by atoms with Crippen molar-refractivity contribution in [2.45, 2.75) is 45.7 Å². The van der Waals surface area contributed by atoms with E-state index in [9.17, 15) is 4.79 Å². The molecule has 3 nitrogen and oxygen atoms in total. The lowest BCUT2D eigenvalue weighted by Crippen LogP contribution is -2.45. The zero-order valence-electron chi connectivity index (χ0n) is 11.5. The molecule has 1 aromatic rings. The fourth-order valence-electron chi connectivity index (χ4n) is 1.98. The van der Waals surface area contributed by atoms with Crippen molar-refractivity contribution in [1.29, 1.82) is 0 Å². The van der Waals surface area contributed by atoms with Gasteiger partial charge in [-0.2, -0.15) is 0 Å². The van der Waals surface area contributed by atoms with E-state index in [1.165, 1.54) is 5.56 Å². The van der Waals surface area contributed by atoms with Crippen molar-refractivity contribution in [2.75, 3.05) is 0 Å². The van der Waals surface area contributed by atoms with Gasteiger partial charge < -0.3 is 11.1 Å². The summed E-state index contributed by atoms with van der Waals surface area (Å²) in [6, 6.07) is 9.85. The lowest BCUT2D eigenvalue weighted by molar-refractivity contribution is -0.123. The first-order valence-electron chi connectivity index (χ1n) is 6.59. The summed E-state index contributed by atoms with van der Waals surface area (Å²) in [6.07, 6.45) is 1.56. The van der Waals surface area contributed by atoms with Gasteiger partial charge in [-0.15, -0.1) is 0 Å². The molecule has 3 N–H and O–H groups in total. The van der Waals surface area contributed by atoms with Crippen LogP contribution in [-0.2, 0) is 11.2 Å². The highest BCUT2D eigenvalue weighted by molar-refractivity contribution is 5.81. The van der Waals surface area contributed by atoms with Crippen LogP contribution in [0.3, 0.4) is 0 Å². The van der Waals surface area contributed by atoms with Crippen LogP contribution in [0.25, 0.3) is 0 Å². The van der Waals surface area contributed by atoms with Crippen molar-refractivity contribution < 1.29 is 4.79 Å². The van der Waals surface area contributed by atoms with Crippen LogP contribution in [0.5, 0.6) is 0 Å². The third kappa shape index (κ3) is 5.32. The van der Waals surface area contributed by atoms with Crippen LogP contribution in [0.1, 0.15) is 32.8 Å². The second kappa shape index (κ2) is 7.17. The molecule has 3 heteroatoms. The van der Waals surface area contributed by atoms with E-state index in [1.54, 1.807) is 0 Å². The Kier molecular flexibility index (Phi) is 5.86. The second-order valence-corrected chi connectivity index (χ2v) is 5.34. The predicted molar refractivity (Wildman–Crippen MR) is 75.2 cm³/mol. The molecule has 0 aromatic heterocycles. The highest BCUT2D eigenvalue weighted by atomic mass is 16.2. The number of benzene rings is 1. The standard InChI is InChI=1S/C15H24N2O/c1-11(2)9-14(16)15(18)17-12(3)10-13-7-5-4-6-8-13/h4-8,11-12,14H,9-10,16H2,1-3H3,(H,17,18)/t12?,14-/m1/s1. The maximum absolute atomic E-state index is 11.8. The molecule has 0 saturated carbocycles. The molecule has 0 saturated heterocycles. The van der Waals surface area contributed by atoms with Gasteiger partial charge in [-0.25, -0.2) is 0 Å². The van der Waals surface area contributed by atoms with E-state index in [-0.39, 0.29) is 11.9 Å². The summed E-state index contributed by atoms with van der Waals surface area (Å²) >= 11 is 0. The van der Waals surface area contributed by atoms with Crippen molar-refractivity contribution in [3.8, 4) is 0 Å². The van der Waals surface area contributed by atoms with Gasteiger partial charge in [-0.05, 0) is 31.2 Å². The lowest BCUT2D eigenvalue weighted by Gasteiger charge is -2.18. The lowest BCUT2D eigenvalue weighted by atomic mass is 10.0. The van der Waals surface area contributed by atoms with Gasteiger partial charge in [-0.1, -0.05) is 44.2 Å². The Labute approximate surface area is 110 Å². The van der Waals surface area contributed by atoms with Crippen molar-refractivity contribution in [3.05, 3.63) is 35.9 Å². The minimum Gasteiger partial charge on any atom is -0.352 e. The molecule has 18 heavy (non-hydrogen) atoms. The fraction of sp³-hybridized carbons (Fsp3) is 0.533. The third-order valence-corrected chi connectivity index (χ3v) is 2.84. The van der Waals surface area contributed by atoms with E-state index in [2.05, 4.69) is 31.3 Å². The molecule has 0 heterocycles. The van der Waals surface area contributed by atoms with Crippen LogP contribution < -0.4 is 11.1 Å². The molecule has 0 fully saturated rings. The Balaban J connectivity index is 2.40. The van der Waals surface area contributed by atoms with Crippen LogP contribution in [0, 0.1) is 5.92 Å². The van der Waals surface area contributed by atoms with E-state index >= 15 is 0 Å². The second-order valence-electron chi connectivity index (χ2n) is 5.34. The van der Waals surface area contributed by atoms with Gasteiger partial charge in [0.1, 0.15) is 0 Å². The van der Waals surface area contributed by atoms with Gasteiger partial charge in [0.2, 0.25) is 5.91 Å². The molecule has 1 aromatic carbocycles. The molecule has 1 unspecified atom stereocenters. The number of nitrogens with one attached hydrogen (secondary N) is 1. The largest absolute Gasteiger partial charge is 0.352 e. The van der Waals surface area contributed by atoms with E-state index in [1.807, 2.05) is 25.1 Å². The third-order valence-electron chi connectivity index (χ3n) is 2.84. The van der Waals surface area contributed by atoms with Gasteiger partial charge in [0.15, 0.2) is 0 Å².